The Kier molecular flexibility index (Phi) is 6.12. The van der Waals surface area contributed by atoms with Crippen LogP contribution in [0.15, 0.2) is 4.90 Å². The number of rotatable bonds is 7. The lowest BCUT2D eigenvalue weighted by Crippen LogP contribution is -2.52. The Hall–Kier alpha value is -1.94. The number of carboxylic acids is 1. The van der Waals surface area contributed by atoms with Crippen LogP contribution in [0.5, 0.6) is 0 Å². The molecule has 0 fully saturated rings. The fraction of sp³-hybridized carbons (Fsp3) is 0.643. The van der Waals surface area contributed by atoms with Gasteiger partial charge in [-0.15, -0.1) is 0 Å². The zero-order valence-electron chi connectivity index (χ0n) is 14.6. The van der Waals surface area contributed by atoms with Crippen LogP contribution in [0.4, 0.5) is 0 Å². The molecule has 0 saturated carbocycles. The molecule has 0 aliphatic heterocycles. The quantitative estimate of drug-likeness (QED) is 0.624. The molecule has 0 aromatic carbocycles. The molecule has 1 aromatic heterocycles. The van der Waals surface area contributed by atoms with Crippen LogP contribution in [0.2, 0.25) is 0 Å². The van der Waals surface area contributed by atoms with Crippen molar-refractivity contribution in [3.63, 3.8) is 0 Å². The van der Waals surface area contributed by atoms with Crippen molar-refractivity contribution in [3.8, 4) is 0 Å². The first-order valence-electron chi connectivity index (χ1n) is 7.44. The molecular weight excluding hydrogens is 336 g/mol. The minimum Gasteiger partial charge on any atom is -0.480 e. The molecule has 3 N–H and O–H groups in total. The number of aryl methyl sites for hydroxylation is 2. The second-order valence-corrected chi connectivity index (χ2v) is 7.69. The summed E-state index contributed by atoms with van der Waals surface area (Å²) < 4.78 is 28.7. The number of carbonyl (C=O) groups is 2. The number of carboxylic acid groups (broad SMARTS) is 1. The van der Waals surface area contributed by atoms with E-state index in [0.29, 0.717) is 11.4 Å². The molecule has 0 saturated heterocycles. The summed E-state index contributed by atoms with van der Waals surface area (Å²) in [6.45, 7) is 7.82. The lowest BCUT2D eigenvalue weighted by atomic mass is 10.0. The zero-order chi connectivity index (χ0) is 18.8. The van der Waals surface area contributed by atoms with Gasteiger partial charge in [-0.25, -0.2) is 13.2 Å². The molecule has 1 aromatic rings. The second-order valence-electron chi connectivity index (χ2n) is 6.04. The summed E-state index contributed by atoms with van der Waals surface area (Å²) >= 11 is 0. The third kappa shape index (κ3) is 4.32. The number of carbonyl (C=O) groups excluding carboxylic acids is 1. The molecule has 136 valence electrons. The molecule has 0 spiro atoms. The number of aromatic nitrogens is 2. The van der Waals surface area contributed by atoms with E-state index in [0.717, 1.165) is 0 Å². The second kappa shape index (κ2) is 7.31. The first-order chi connectivity index (χ1) is 10.9. The Labute approximate surface area is 141 Å². The van der Waals surface area contributed by atoms with Crippen molar-refractivity contribution in [1.82, 2.24) is 19.8 Å². The number of hydrogen-bond acceptors (Lipinski definition) is 5. The fourth-order valence-electron chi connectivity index (χ4n) is 2.28. The highest BCUT2D eigenvalue weighted by Crippen LogP contribution is 2.18. The summed E-state index contributed by atoms with van der Waals surface area (Å²) in [6.07, 6.45) is 0. The highest BCUT2D eigenvalue weighted by atomic mass is 32.2. The van der Waals surface area contributed by atoms with E-state index >= 15 is 0 Å². The summed E-state index contributed by atoms with van der Waals surface area (Å²) in [5, 5.41) is 15.5. The van der Waals surface area contributed by atoms with Crippen LogP contribution < -0.4 is 10.0 Å². The number of nitrogens with zero attached hydrogens (tertiary/aromatic N) is 2. The van der Waals surface area contributed by atoms with Gasteiger partial charge in [-0.1, -0.05) is 13.8 Å². The molecule has 1 heterocycles. The van der Waals surface area contributed by atoms with Crippen molar-refractivity contribution in [1.29, 1.82) is 0 Å². The lowest BCUT2D eigenvalue weighted by molar-refractivity contribution is -0.143. The maximum absolute atomic E-state index is 12.5. The molecule has 0 aliphatic rings. The smallest absolute Gasteiger partial charge is 0.326 e. The van der Waals surface area contributed by atoms with Gasteiger partial charge in [0.05, 0.1) is 17.4 Å². The summed E-state index contributed by atoms with van der Waals surface area (Å²) in [6, 6.07) is -2.22. The van der Waals surface area contributed by atoms with Crippen LogP contribution in [0.1, 0.15) is 32.2 Å². The van der Waals surface area contributed by atoms with E-state index in [4.69, 9.17) is 5.11 Å². The topological polar surface area (TPSA) is 130 Å². The van der Waals surface area contributed by atoms with Crippen LogP contribution in [0.3, 0.4) is 0 Å². The molecule has 9 nitrogen and oxygen atoms in total. The standard InChI is InChI=1S/C14H24N4O5S/c1-7(2)11(14(20)21)15-13(19)9(4)17-24(22,23)12-8(3)16-18(6)10(12)5/h7,9,11,17H,1-6H3,(H,15,19)(H,20,21)/t9?,11-/m1/s1. The van der Waals surface area contributed by atoms with Crippen LogP contribution in [-0.2, 0) is 26.7 Å². The summed E-state index contributed by atoms with van der Waals surface area (Å²) in [4.78, 5) is 23.3. The van der Waals surface area contributed by atoms with Crippen LogP contribution in [0.25, 0.3) is 0 Å². The number of aliphatic carboxylic acids is 1. The molecule has 1 rings (SSSR count). The van der Waals surface area contributed by atoms with Crippen LogP contribution in [0, 0.1) is 19.8 Å². The highest BCUT2D eigenvalue weighted by Gasteiger charge is 2.30. The van der Waals surface area contributed by atoms with Gasteiger partial charge in [0.1, 0.15) is 10.9 Å². The van der Waals surface area contributed by atoms with Gasteiger partial charge in [0.2, 0.25) is 15.9 Å². The molecule has 0 radical (unpaired) electrons. The number of sulfonamides is 1. The van der Waals surface area contributed by atoms with Crippen LogP contribution >= 0.6 is 0 Å². The average molecular weight is 360 g/mol. The SMILES string of the molecule is Cc1nn(C)c(C)c1S(=O)(=O)NC(C)C(=O)N[C@@H](C(=O)O)C(C)C. The van der Waals surface area contributed by atoms with E-state index in [1.807, 2.05) is 0 Å². The fourth-order valence-corrected chi connectivity index (χ4v) is 3.92. The Morgan fingerprint density at radius 3 is 2.12 bits per heavy atom. The summed E-state index contributed by atoms with van der Waals surface area (Å²) in [7, 11) is -2.34. The van der Waals surface area contributed by atoms with Gasteiger partial charge >= 0.3 is 5.97 Å². The van der Waals surface area contributed by atoms with Crippen molar-refractivity contribution >= 4 is 21.9 Å². The van der Waals surface area contributed by atoms with Gasteiger partial charge in [-0.05, 0) is 26.7 Å². The van der Waals surface area contributed by atoms with E-state index in [9.17, 15) is 18.0 Å². The minimum absolute atomic E-state index is 0.0169. The largest absolute Gasteiger partial charge is 0.480 e. The molecule has 24 heavy (non-hydrogen) atoms. The Morgan fingerprint density at radius 2 is 1.75 bits per heavy atom. The van der Waals surface area contributed by atoms with Crippen LogP contribution in [-0.4, -0.2) is 47.3 Å². The molecule has 1 unspecified atom stereocenters. The van der Waals surface area contributed by atoms with Gasteiger partial charge in [-0.2, -0.15) is 9.82 Å². The van der Waals surface area contributed by atoms with Crippen molar-refractivity contribution in [2.24, 2.45) is 13.0 Å². The molecule has 10 heteroatoms. The third-order valence-corrected chi connectivity index (χ3v) is 5.46. The molecule has 1 amide bonds. The molecule has 2 atom stereocenters. The summed E-state index contributed by atoms with van der Waals surface area (Å²) in [5.74, 6) is -2.22. The lowest BCUT2D eigenvalue weighted by Gasteiger charge is -2.21. The molecule has 0 bridgehead atoms. The van der Waals surface area contributed by atoms with Crippen molar-refractivity contribution in [3.05, 3.63) is 11.4 Å². The van der Waals surface area contributed by atoms with Gasteiger partial charge < -0.3 is 10.4 Å². The Bertz CT molecular complexity index is 739. The van der Waals surface area contributed by atoms with Gasteiger partial charge in [0, 0.05) is 7.05 Å². The van der Waals surface area contributed by atoms with Gasteiger partial charge in [0.25, 0.3) is 0 Å². The number of hydrogen-bond donors (Lipinski definition) is 3. The molecular formula is C14H24N4O5S. The first kappa shape index (κ1) is 20.1. The van der Waals surface area contributed by atoms with Crippen molar-refractivity contribution in [2.75, 3.05) is 0 Å². The third-order valence-electron chi connectivity index (χ3n) is 3.67. The maximum atomic E-state index is 12.5. The first-order valence-corrected chi connectivity index (χ1v) is 8.92. The van der Waals surface area contributed by atoms with E-state index in [-0.39, 0.29) is 10.8 Å². The number of nitrogens with one attached hydrogen (secondary N) is 2. The van der Waals surface area contributed by atoms with Crippen molar-refractivity contribution < 1.29 is 23.1 Å². The monoisotopic (exact) mass is 360 g/mol. The predicted octanol–water partition coefficient (Wildman–Crippen LogP) is -0.0709. The predicted molar refractivity (Wildman–Crippen MR) is 86.9 cm³/mol. The normalized spacial score (nSPS) is 14.5. The highest BCUT2D eigenvalue weighted by molar-refractivity contribution is 7.89. The Morgan fingerprint density at radius 1 is 1.21 bits per heavy atom. The van der Waals surface area contributed by atoms with E-state index in [1.54, 1.807) is 34.7 Å². The van der Waals surface area contributed by atoms with E-state index in [2.05, 4.69) is 15.1 Å². The van der Waals surface area contributed by atoms with Gasteiger partial charge in [-0.3, -0.25) is 9.48 Å². The Balaban J connectivity index is 2.95. The van der Waals surface area contributed by atoms with E-state index < -0.39 is 34.0 Å². The van der Waals surface area contributed by atoms with Gasteiger partial charge in [0.15, 0.2) is 0 Å². The molecule has 0 aliphatic carbocycles. The zero-order valence-corrected chi connectivity index (χ0v) is 15.4. The minimum atomic E-state index is -3.96. The van der Waals surface area contributed by atoms with E-state index in [1.165, 1.54) is 11.6 Å². The van der Waals surface area contributed by atoms with Crippen molar-refractivity contribution in [2.45, 2.75) is 51.6 Å². The summed E-state index contributed by atoms with van der Waals surface area (Å²) in [5.41, 5.74) is 0.763. The number of amides is 1. The average Bonchev–Trinajstić information content (AvgIpc) is 2.68. The maximum Gasteiger partial charge on any atom is 0.326 e.